The number of carboxylic acid groups (broad SMARTS) is 1. The molecular weight excluding hydrogens is 276 g/mol. The van der Waals surface area contributed by atoms with Gasteiger partial charge in [-0.15, -0.1) is 0 Å². The maximum Gasteiger partial charge on any atom is 0.317 e. The average Bonchev–Trinajstić information content (AvgIpc) is 2.26. The second-order valence-corrected chi connectivity index (χ2v) is 4.92. The fraction of sp³-hybridized carbons (Fsp3) is 0.600. The van der Waals surface area contributed by atoms with E-state index >= 15 is 0 Å². The van der Waals surface area contributed by atoms with E-state index in [1.54, 1.807) is 0 Å². The smallest absolute Gasteiger partial charge is 0.317 e. The molecule has 1 rings (SSSR count). The Bertz CT molecular complexity index is 306. The van der Waals surface area contributed by atoms with E-state index in [1.165, 1.54) is 4.90 Å². The van der Waals surface area contributed by atoms with Gasteiger partial charge in [0, 0.05) is 17.6 Å². The number of hydrogen-bond acceptors (Lipinski definition) is 2. The maximum absolute atomic E-state index is 11.6. The minimum Gasteiger partial charge on any atom is -0.481 e. The molecule has 16 heavy (non-hydrogen) atoms. The van der Waals surface area contributed by atoms with Gasteiger partial charge < -0.3 is 15.3 Å². The molecule has 0 saturated carbocycles. The van der Waals surface area contributed by atoms with Crippen molar-refractivity contribution in [2.24, 2.45) is 5.92 Å². The molecule has 6 heteroatoms. The van der Waals surface area contributed by atoms with E-state index in [2.05, 4.69) is 27.8 Å². The van der Waals surface area contributed by atoms with Crippen LogP contribution in [0, 0.1) is 5.92 Å². The molecule has 1 heterocycles. The summed E-state index contributed by atoms with van der Waals surface area (Å²) < 4.78 is 0.688. The number of halogens is 1. The molecule has 2 amide bonds. The number of likely N-dealkylation sites (tertiary alicyclic amines) is 1. The van der Waals surface area contributed by atoms with Gasteiger partial charge in [0.05, 0.1) is 12.5 Å². The van der Waals surface area contributed by atoms with Crippen molar-refractivity contribution in [2.45, 2.75) is 12.8 Å². The highest BCUT2D eigenvalue weighted by atomic mass is 79.9. The van der Waals surface area contributed by atoms with Gasteiger partial charge in [-0.1, -0.05) is 22.5 Å². The zero-order chi connectivity index (χ0) is 12.1. The molecule has 0 unspecified atom stereocenters. The Hall–Kier alpha value is -1.04. The van der Waals surface area contributed by atoms with Crippen molar-refractivity contribution in [1.82, 2.24) is 10.2 Å². The van der Waals surface area contributed by atoms with Crippen LogP contribution in [0.3, 0.4) is 0 Å². The number of aliphatic carboxylic acids is 1. The number of carboxylic acids is 1. The van der Waals surface area contributed by atoms with Gasteiger partial charge in [-0.25, -0.2) is 4.79 Å². The van der Waals surface area contributed by atoms with Gasteiger partial charge in [0.1, 0.15) is 0 Å². The minimum atomic E-state index is -0.831. The van der Waals surface area contributed by atoms with Crippen LogP contribution in [0.1, 0.15) is 12.8 Å². The van der Waals surface area contributed by atoms with E-state index in [0.717, 1.165) is 6.42 Å². The number of nitrogens with zero attached hydrogens (tertiary/aromatic N) is 1. The lowest BCUT2D eigenvalue weighted by molar-refractivity contribution is -0.143. The summed E-state index contributed by atoms with van der Waals surface area (Å²) >= 11 is 3.14. The zero-order valence-electron chi connectivity index (χ0n) is 8.91. The Kier molecular flexibility index (Phi) is 4.79. The molecule has 1 aliphatic heterocycles. The van der Waals surface area contributed by atoms with Crippen LogP contribution in [-0.4, -0.2) is 41.6 Å². The van der Waals surface area contributed by atoms with Crippen molar-refractivity contribution in [3.05, 3.63) is 11.1 Å². The Morgan fingerprint density at radius 1 is 1.56 bits per heavy atom. The minimum absolute atomic E-state index is 0.230. The fourth-order valence-corrected chi connectivity index (χ4v) is 1.79. The number of urea groups is 1. The van der Waals surface area contributed by atoms with Crippen LogP contribution in [0.25, 0.3) is 0 Å². The number of piperidine rings is 1. The fourth-order valence-electron chi connectivity index (χ4n) is 1.65. The molecule has 0 radical (unpaired) electrons. The van der Waals surface area contributed by atoms with Gasteiger partial charge >= 0.3 is 12.0 Å². The summed E-state index contributed by atoms with van der Waals surface area (Å²) in [7, 11) is 0. The first kappa shape index (κ1) is 13.0. The van der Waals surface area contributed by atoms with Crippen molar-refractivity contribution in [1.29, 1.82) is 0 Å². The Morgan fingerprint density at radius 3 is 2.81 bits per heavy atom. The number of nitrogens with one attached hydrogen (secondary N) is 1. The normalized spacial score (nSPS) is 20.3. The SMILES string of the molecule is C=C(Br)CNC(=O)N1CCC[C@@H](C(=O)O)C1. The molecular formula is C10H15BrN2O3. The third-order valence-corrected chi connectivity index (χ3v) is 2.77. The van der Waals surface area contributed by atoms with E-state index in [4.69, 9.17) is 5.11 Å². The number of carbonyl (C=O) groups excluding carboxylic acids is 1. The second kappa shape index (κ2) is 5.89. The molecule has 0 aromatic carbocycles. The predicted octanol–water partition coefficient (Wildman–Crippen LogP) is 1.40. The molecule has 0 bridgehead atoms. The summed E-state index contributed by atoms with van der Waals surface area (Å²) in [5.41, 5.74) is 0. The number of rotatable bonds is 3. The Labute approximate surface area is 103 Å². The van der Waals surface area contributed by atoms with Gasteiger partial charge in [0.2, 0.25) is 0 Å². The van der Waals surface area contributed by atoms with Gasteiger partial charge in [0.15, 0.2) is 0 Å². The molecule has 90 valence electrons. The highest BCUT2D eigenvalue weighted by molar-refractivity contribution is 9.11. The molecule has 2 N–H and O–H groups in total. The summed E-state index contributed by atoms with van der Waals surface area (Å²) in [5.74, 6) is -1.27. The zero-order valence-corrected chi connectivity index (χ0v) is 10.5. The lowest BCUT2D eigenvalue weighted by Gasteiger charge is -2.30. The van der Waals surface area contributed by atoms with E-state index in [-0.39, 0.29) is 12.6 Å². The molecule has 1 saturated heterocycles. The van der Waals surface area contributed by atoms with Crippen LogP contribution in [0.2, 0.25) is 0 Å². The third kappa shape index (κ3) is 3.84. The lowest BCUT2D eigenvalue weighted by atomic mass is 9.99. The highest BCUT2D eigenvalue weighted by Gasteiger charge is 2.27. The summed E-state index contributed by atoms with van der Waals surface area (Å²) in [6.07, 6.45) is 1.38. The summed E-state index contributed by atoms with van der Waals surface area (Å²) in [6.45, 7) is 4.86. The van der Waals surface area contributed by atoms with Crippen LogP contribution in [-0.2, 0) is 4.79 Å². The maximum atomic E-state index is 11.6. The molecule has 0 aromatic rings. The van der Waals surface area contributed by atoms with Crippen molar-refractivity contribution in [2.75, 3.05) is 19.6 Å². The highest BCUT2D eigenvalue weighted by Crippen LogP contribution is 2.16. The van der Waals surface area contributed by atoms with Gasteiger partial charge in [-0.2, -0.15) is 0 Å². The lowest BCUT2D eigenvalue weighted by Crippen LogP contribution is -2.47. The van der Waals surface area contributed by atoms with E-state index in [0.29, 0.717) is 24.0 Å². The van der Waals surface area contributed by atoms with Crippen LogP contribution in [0.4, 0.5) is 4.79 Å². The molecule has 1 fully saturated rings. The quantitative estimate of drug-likeness (QED) is 0.825. The first-order chi connectivity index (χ1) is 7.50. The third-order valence-electron chi connectivity index (χ3n) is 2.49. The average molecular weight is 291 g/mol. The second-order valence-electron chi connectivity index (χ2n) is 3.80. The standard InChI is InChI=1S/C10H15BrN2O3/c1-7(11)5-12-10(16)13-4-2-3-8(6-13)9(14)15/h8H,1-6H2,(H,12,16)(H,14,15)/t8-/m1/s1. The summed E-state index contributed by atoms with van der Waals surface area (Å²) in [4.78, 5) is 24.0. The summed E-state index contributed by atoms with van der Waals surface area (Å²) in [6, 6.07) is -0.230. The summed E-state index contributed by atoms with van der Waals surface area (Å²) in [5, 5.41) is 11.5. The Morgan fingerprint density at radius 2 is 2.25 bits per heavy atom. The van der Waals surface area contributed by atoms with Gasteiger partial charge in [-0.05, 0) is 12.8 Å². The Balaban J connectivity index is 2.43. The molecule has 5 nitrogen and oxygen atoms in total. The van der Waals surface area contributed by atoms with Crippen LogP contribution < -0.4 is 5.32 Å². The van der Waals surface area contributed by atoms with Crippen LogP contribution >= 0.6 is 15.9 Å². The predicted molar refractivity (Wildman–Crippen MR) is 63.4 cm³/mol. The first-order valence-electron chi connectivity index (χ1n) is 5.09. The monoisotopic (exact) mass is 290 g/mol. The van der Waals surface area contributed by atoms with E-state index < -0.39 is 11.9 Å². The topological polar surface area (TPSA) is 69.6 Å². The number of hydrogen-bond donors (Lipinski definition) is 2. The molecule has 0 spiro atoms. The van der Waals surface area contributed by atoms with Crippen molar-refractivity contribution in [3.8, 4) is 0 Å². The largest absolute Gasteiger partial charge is 0.481 e. The van der Waals surface area contributed by atoms with Gasteiger partial charge in [0.25, 0.3) is 0 Å². The van der Waals surface area contributed by atoms with E-state index in [9.17, 15) is 9.59 Å². The molecule has 0 aromatic heterocycles. The van der Waals surface area contributed by atoms with Crippen molar-refractivity contribution >= 4 is 27.9 Å². The van der Waals surface area contributed by atoms with Crippen molar-refractivity contribution in [3.63, 3.8) is 0 Å². The molecule has 1 atom stereocenters. The number of amides is 2. The number of carbonyl (C=O) groups is 2. The van der Waals surface area contributed by atoms with E-state index in [1.807, 2.05) is 0 Å². The van der Waals surface area contributed by atoms with Gasteiger partial charge in [-0.3, -0.25) is 4.79 Å². The van der Waals surface area contributed by atoms with Crippen molar-refractivity contribution < 1.29 is 14.7 Å². The molecule has 0 aliphatic carbocycles. The van der Waals surface area contributed by atoms with Crippen LogP contribution in [0.15, 0.2) is 11.1 Å². The van der Waals surface area contributed by atoms with Crippen LogP contribution in [0.5, 0.6) is 0 Å². The first-order valence-corrected chi connectivity index (χ1v) is 5.89. The molecule has 1 aliphatic rings.